The highest BCUT2D eigenvalue weighted by atomic mass is 16.5. The summed E-state index contributed by atoms with van der Waals surface area (Å²) in [6, 6.07) is 7.01. The van der Waals surface area contributed by atoms with Gasteiger partial charge in [-0.3, -0.25) is 9.59 Å². The van der Waals surface area contributed by atoms with Crippen molar-refractivity contribution in [3.63, 3.8) is 0 Å². The third-order valence-corrected chi connectivity index (χ3v) is 2.35. The molecule has 0 heterocycles. The molecule has 1 aromatic carbocycles. The fourth-order valence-corrected chi connectivity index (χ4v) is 1.38. The summed E-state index contributed by atoms with van der Waals surface area (Å²) in [5.41, 5.74) is 5.69. The van der Waals surface area contributed by atoms with E-state index in [-0.39, 0.29) is 11.7 Å². The Labute approximate surface area is 101 Å². The molecule has 0 fully saturated rings. The lowest BCUT2D eigenvalue weighted by atomic mass is 10.1. The quantitative estimate of drug-likeness (QED) is 0.580. The Kier molecular flexibility index (Phi) is 5.20. The van der Waals surface area contributed by atoms with Crippen LogP contribution >= 0.6 is 0 Å². The minimum atomic E-state index is -0.282. The van der Waals surface area contributed by atoms with Crippen LogP contribution in [0.4, 0.5) is 0 Å². The van der Waals surface area contributed by atoms with Gasteiger partial charge in [0.25, 0.3) is 0 Å². The van der Waals surface area contributed by atoms with Gasteiger partial charge in [-0.1, -0.05) is 0 Å². The second-order valence-electron chi connectivity index (χ2n) is 3.85. The van der Waals surface area contributed by atoms with E-state index in [1.807, 2.05) is 0 Å². The summed E-state index contributed by atoms with van der Waals surface area (Å²) in [7, 11) is 0. The molecule has 2 N–H and O–H groups in total. The molecule has 0 radical (unpaired) electrons. The van der Waals surface area contributed by atoms with Crippen LogP contribution in [0.25, 0.3) is 0 Å². The number of ether oxygens (including phenoxy) is 1. The molecule has 0 saturated heterocycles. The van der Waals surface area contributed by atoms with Crippen LogP contribution in [0.2, 0.25) is 0 Å². The Morgan fingerprint density at radius 3 is 2.35 bits per heavy atom. The summed E-state index contributed by atoms with van der Waals surface area (Å²) in [6.07, 6.45) is 1.92. The third kappa shape index (κ3) is 5.15. The summed E-state index contributed by atoms with van der Waals surface area (Å²) in [5, 5.41) is 0. The molecule has 0 aromatic heterocycles. The lowest BCUT2D eigenvalue weighted by molar-refractivity contribution is -0.118. The monoisotopic (exact) mass is 235 g/mol. The van der Waals surface area contributed by atoms with Crippen LogP contribution in [0.3, 0.4) is 0 Å². The first-order valence-corrected chi connectivity index (χ1v) is 5.61. The Morgan fingerprint density at radius 2 is 1.82 bits per heavy atom. The van der Waals surface area contributed by atoms with Gasteiger partial charge in [0.05, 0.1) is 6.61 Å². The summed E-state index contributed by atoms with van der Waals surface area (Å²) in [5.74, 6) is 0.489. The minimum absolute atomic E-state index is 0.0398. The van der Waals surface area contributed by atoms with Gasteiger partial charge in [0.2, 0.25) is 5.91 Å². The summed E-state index contributed by atoms with van der Waals surface area (Å²) in [6.45, 7) is 2.08. The molecular weight excluding hydrogens is 218 g/mol. The second-order valence-corrected chi connectivity index (χ2v) is 3.85. The maximum Gasteiger partial charge on any atom is 0.217 e. The summed E-state index contributed by atoms with van der Waals surface area (Å²) in [4.78, 5) is 21.5. The lowest BCUT2D eigenvalue weighted by Crippen LogP contribution is -2.10. The number of nitrogens with two attached hydrogens (primary N) is 1. The second kappa shape index (κ2) is 6.68. The highest BCUT2D eigenvalue weighted by Gasteiger charge is 1.99. The molecule has 92 valence electrons. The first-order chi connectivity index (χ1) is 8.09. The van der Waals surface area contributed by atoms with Gasteiger partial charge in [0.15, 0.2) is 5.78 Å². The summed E-state index contributed by atoms with van der Waals surface area (Å²) < 4.78 is 5.46. The molecular formula is C13H17NO3. The molecule has 1 amide bonds. The number of primary amides is 1. The van der Waals surface area contributed by atoms with Crippen LogP contribution in [0, 0.1) is 0 Å². The van der Waals surface area contributed by atoms with E-state index in [0.29, 0.717) is 18.6 Å². The molecule has 0 saturated carbocycles. The number of hydrogen-bond donors (Lipinski definition) is 1. The number of carbonyl (C=O) groups is 2. The highest BCUT2D eigenvalue weighted by molar-refractivity contribution is 5.94. The van der Waals surface area contributed by atoms with Gasteiger partial charge in [0.1, 0.15) is 5.75 Å². The Balaban J connectivity index is 2.27. The predicted molar refractivity (Wildman–Crippen MR) is 65.0 cm³/mol. The van der Waals surface area contributed by atoms with Crippen molar-refractivity contribution in [3.05, 3.63) is 29.8 Å². The molecule has 1 aromatic rings. The smallest absolute Gasteiger partial charge is 0.217 e. The van der Waals surface area contributed by atoms with E-state index in [4.69, 9.17) is 10.5 Å². The molecule has 0 bridgehead atoms. The van der Waals surface area contributed by atoms with E-state index >= 15 is 0 Å². The predicted octanol–water partition coefficient (Wildman–Crippen LogP) is 1.92. The first-order valence-electron chi connectivity index (χ1n) is 5.61. The van der Waals surface area contributed by atoms with Crippen LogP contribution in [0.5, 0.6) is 5.75 Å². The maximum atomic E-state index is 11.0. The van der Waals surface area contributed by atoms with E-state index in [1.165, 1.54) is 6.92 Å². The number of rotatable bonds is 7. The van der Waals surface area contributed by atoms with Gasteiger partial charge in [-0.2, -0.15) is 0 Å². The van der Waals surface area contributed by atoms with E-state index in [2.05, 4.69) is 0 Å². The molecule has 4 heteroatoms. The van der Waals surface area contributed by atoms with Crippen molar-refractivity contribution in [1.82, 2.24) is 0 Å². The normalized spacial score (nSPS) is 9.94. The largest absolute Gasteiger partial charge is 0.494 e. The van der Waals surface area contributed by atoms with Gasteiger partial charge in [-0.05, 0) is 44.0 Å². The van der Waals surface area contributed by atoms with Gasteiger partial charge in [-0.25, -0.2) is 0 Å². The zero-order chi connectivity index (χ0) is 12.7. The zero-order valence-corrected chi connectivity index (χ0v) is 9.94. The van der Waals surface area contributed by atoms with Crippen molar-refractivity contribution < 1.29 is 14.3 Å². The molecule has 1 rings (SSSR count). The van der Waals surface area contributed by atoms with E-state index < -0.39 is 0 Å². The number of amides is 1. The number of carbonyl (C=O) groups excluding carboxylic acids is 2. The molecule has 17 heavy (non-hydrogen) atoms. The van der Waals surface area contributed by atoms with Gasteiger partial charge >= 0.3 is 0 Å². The maximum absolute atomic E-state index is 11.0. The molecule has 0 unspecified atom stereocenters. The van der Waals surface area contributed by atoms with Crippen molar-refractivity contribution >= 4 is 11.7 Å². The molecule has 0 aliphatic heterocycles. The topological polar surface area (TPSA) is 69.4 Å². The standard InChI is InChI=1S/C13H17NO3/c1-10(15)11-5-7-12(8-6-11)17-9-3-2-4-13(14)16/h5-8H,2-4,9H2,1H3,(H2,14,16). The number of unbranched alkanes of at least 4 members (excludes halogenated alkanes) is 1. The van der Waals surface area contributed by atoms with Gasteiger partial charge in [0, 0.05) is 12.0 Å². The van der Waals surface area contributed by atoms with Crippen molar-refractivity contribution in [1.29, 1.82) is 0 Å². The average Bonchev–Trinajstić information content (AvgIpc) is 2.29. The first kappa shape index (κ1) is 13.2. The van der Waals surface area contributed by atoms with Crippen molar-refractivity contribution in [2.75, 3.05) is 6.61 Å². The minimum Gasteiger partial charge on any atom is -0.494 e. The van der Waals surface area contributed by atoms with Crippen molar-refractivity contribution in [2.45, 2.75) is 26.2 Å². The molecule has 0 aliphatic rings. The Hall–Kier alpha value is -1.84. The van der Waals surface area contributed by atoms with Crippen LogP contribution in [0.1, 0.15) is 36.5 Å². The fourth-order valence-electron chi connectivity index (χ4n) is 1.38. The molecule has 4 nitrogen and oxygen atoms in total. The average molecular weight is 235 g/mol. The van der Waals surface area contributed by atoms with Crippen LogP contribution in [0.15, 0.2) is 24.3 Å². The van der Waals surface area contributed by atoms with Crippen LogP contribution < -0.4 is 10.5 Å². The lowest BCUT2D eigenvalue weighted by Gasteiger charge is -2.05. The Morgan fingerprint density at radius 1 is 1.18 bits per heavy atom. The fraction of sp³-hybridized carbons (Fsp3) is 0.385. The number of ketones is 1. The molecule has 0 atom stereocenters. The van der Waals surface area contributed by atoms with Crippen LogP contribution in [-0.4, -0.2) is 18.3 Å². The SMILES string of the molecule is CC(=O)c1ccc(OCCCCC(N)=O)cc1. The van der Waals surface area contributed by atoms with Crippen molar-refractivity contribution in [3.8, 4) is 5.75 Å². The van der Waals surface area contributed by atoms with E-state index in [1.54, 1.807) is 24.3 Å². The third-order valence-electron chi connectivity index (χ3n) is 2.35. The number of benzene rings is 1. The zero-order valence-electron chi connectivity index (χ0n) is 9.94. The van der Waals surface area contributed by atoms with Crippen molar-refractivity contribution in [2.24, 2.45) is 5.73 Å². The van der Waals surface area contributed by atoms with Gasteiger partial charge in [-0.15, -0.1) is 0 Å². The van der Waals surface area contributed by atoms with E-state index in [0.717, 1.165) is 18.6 Å². The van der Waals surface area contributed by atoms with E-state index in [9.17, 15) is 9.59 Å². The summed E-state index contributed by atoms with van der Waals surface area (Å²) >= 11 is 0. The molecule has 0 aliphatic carbocycles. The number of Topliss-reactive ketones (excluding diaryl/α,β-unsaturated/α-hetero) is 1. The van der Waals surface area contributed by atoms with Crippen LogP contribution in [-0.2, 0) is 4.79 Å². The number of hydrogen-bond acceptors (Lipinski definition) is 3. The molecule has 0 spiro atoms. The Bertz CT molecular complexity index is 384. The van der Waals surface area contributed by atoms with Gasteiger partial charge < -0.3 is 10.5 Å². The highest BCUT2D eigenvalue weighted by Crippen LogP contribution is 2.13.